The van der Waals surface area contributed by atoms with Crippen LogP contribution in [0, 0.1) is 23.7 Å². The number of fused-ring (bicyclic) bond motifs is 1. The molecule has 84 valence electrons. The number of amides is 1. The monoisotopic (exact) mass is 207 g/mol. The van der Waals surface area contributed by atoms with Gasteiger partial charge >= 0.3 is 0 Å². The van der Waals surface area contributed by atoms with Crippen molar-refractivity contribution in [2.24, 2.45) is 23.7 Å². The second-order valence-corrected chi connectivity index (χ2v) is 5.77. The molecule has 0 aromatic rings. The van der Waals surface area contributed by atoms with Crippen LogP contribution < -0.4 is 0 Å². The molecule has 0 N–H and O–H groups in total. The summed E-state index contributed by atoms with van der Waals surface area (Å²) in [6.07, 6.45) is 6.30. The molecule has 1 saturated heterocycles. The van der Waals surface area contributed by atoms with Crippen LogP contribution in [-0.4, -0.2) is 23.9 Å². The van der Waals surface area contributed by atoms with E-state index in [2.05, 4.69) is 11.8 Å². The summed E-state index contributed by atoms with van der Waals surface area (Å²) in [5.74, 6) is 3.54. The van der Waals surface area contributed by atoms with Crippen molar-refractivity contribution in [1.82, 2.24) is 4.90 Å². The third-order valence-corrected chi connectivity index (χ3v) is 4.77. The lowest BCUT2D eigenvalue weighted by Gasteiger charge is -2.21. The molecule has 1 amide bonds. The lowest BCUT2D eigenvalue weighted by molar-refractivity contribution is -0.134. The maximum Gasteiger partial charge on any atom is 0.225 e. The molecule has 0 aromatic carbocycles. The summed E-state index contributed by atoms with van der Waals surface area (Å²) >= 11 is 0. The lowest BCUT2D eigenvalue weighted by atomic mass is 10.0. The summed E-state index contributed by atoms with van der Waals surface area (Å²) in [5.41, 5.74) is 0. The minimum Gasteiger partial charge on any atom is -0.342 e. The molecule has 3 atom stereocenters. The van der Waals surface area contributed by atoms with Crippen molar-refractivity contribution >= 4 is 5.91 Å². The lowest BCUT2D eigenvalue weighted by Crippen LogP contribution is -2.33. The third-order valence-electron chi connectivity index (χ3n) is 4.77. The van der Waals surface area contributed by atoms with Crippen molar-refractivity contribution in [1.29, 1.82) is 0 Å². The van der Waals surface area contributed by atoms with E-state index in [0.717, 1.165) is 30.8 Å². The maximum atomic E-state index is 12.2. The van der Waals surface area contributed by atoms with E-state index in [4.69, 9.17) is 0 Å². The molecular formula is C13H21NO. The zero-order valence-corrected chi connectivity index (χ0v) is 9.61. The number of carbonyl (C=O) groups is 1. The Morgan fingerprint density at radius 1 is 1.27 bits per heavy atom. The van der Waals surface area contributed by atoms with Crippen molar-refractivity contribution in [2.75, 3.05) is 13.1 Å². The normalized spacial score (nSPS) is 43.1. The molecule has 3 unspecified atom stereocenters. The smallest absolute Gasteiger partial charge is 0.225 e. The van der Waals surface area contributed by atoms with Gasteiger partial charge in [0, 0.05) is 19.0 Å². The van der Waals surface area contributed by atoms with Gasteiger partial charge in [-0.1, -0.05) is 13.3 Å². The number of carbonyl (C=O) groups excluding carboxylic acids is 1. The standard InChI is InChI=1S/C13H21NO/c1-2-9-3-4-14(8-9)13(15)12-6-10-5-11(10)7-12/h9-12H,2-8H2,1H3. The van der Waals surface area contributed by atoms with Crippen LogP contribution in [0.3, 0.4) is 0 Å². The Kier molecular flexibility index (Phi) is 2.26. The highest BCUT2D eigenvalue weighted by Gasteiger charge is 2.49. The van der Waals surface area contributed by atoms with E-state index in [1.807, 2.05) is 0 Å². The van der Waals surface area contributed by atoms with Gasteiger partial charge < -0.3 is 4.90 Å². The van der Waals surface area contributed by atoms with E-state index in [-0.39, 0.29) is 0 Å². The van der Waals surface area contributed by atoms with Crippen LogP contribution in [0.2, 0.25) is 0 Å². The van der Waals surface area contributed by atoms with Gasteiger partial charge in [0.1, 0.15) is 0 Å². The first-order valence-electron chi connectivity index (χ1n) is 6.56. The van der Waals surface area contributed by atoms with Gasteiger partial charge in [-0.3, -0.25) is 4.79 Å². The first kappa shape index (κ1) is 9.68. The molecule has 0 radical (unpaired) electrons. The molecule has 2 saturated carbocycles. The van der Waals surface area contributed by atoms with Crippen molar-refractivity contribution in [2.45, 2.75) is 39.0 Å². The van der Waals surface area contributed by atoms with Gasteiger partial charge in [-0.2, -0.15) is 0 Å². The van der Waals surface area contributed by atoms with Crippen molar-refractivity contribution in [3.63, 3.8) is 0 Å². The van der Waals surface area contributed by atoms with Gasteiger partial charge in [0.2, 0.25) is 5.91 Å². The molecule has 0 spiro atoms. The highest BCUT2D eigenvalue weighted by atomic mass is 16.2. The summed E-state index contributed by atoms with van der Waals surface area (Å²) in [6.45, 7) is 4.31. The zero-order valence-electron chi connectivity index (χ0n) is 9.61. The Morgan fingerprint density at radius 3 is 2.60 bits per heavy atom. The van der Waals surface area contributed by atoms with Crippen molar-refractivity contribution < 1.29 is 4.79 Å². The Bertz CT molecular complexity index is 266. The Balaban J connectivity index is 1.56. The van der Waals surface area contributed by atoms with Crippen molar-refractivity contribution in [3.05, 3.63) is 0 Å². The largest absolute Gasteiger partial charge is 0.342 e. The van der Waals surface area contributed by atoms with E-state index in [9.17, 15) is 4.79 Å². The molecule has 3 aliphatic rings. The van der Waals surface area contributed by atoms with Crippen LogP contribution in [0.25, 0.3) is 0 Å². The summed E-state index contributed by atoms with van der Waals surface area (Å²) in [6, 6.07) is 0. The van der Waals surface area contributed by atoms with Crippen LogP contribution in [0.1, 0.15) is 39.0 Å². The molecule has 1 heterocycles. The van der Waals surface area contributed by atoms with Gasteiger partial charge in [-0.25, -0.2) is 0 Å². The summed E-state index contributed by atoms with van der Waals surface area (Å²) in [7, 11) is 0. The number of rotatable bonds is 2. The first-order valence-corrected chi connectivity index (χ1v) is 6.56. The number of hydrogen-bond acceptors (Lipinski definition) is 1. The molecule has 2 heteroatoms. The van der Waals surface area contributed by atoms with E-state index in [0.29, 0.717) is 11.8 Å². The molecule has 3 rings (SSSR count). The fourth-order valence-corrected chi connectivity index (χ4v) is 3.54. The Labute approximate surface area is 92.0 Å². The number of hydrogen-bond donors (Lipinski definition) is 0. The Hall–Kier alpha value is -0.530. The van der Waals surface area contributed by atoms with Gasteiger partial charge in [-0.15, -0.1) is 0 Å². The molecule has 0 aromatic heterocycles. The van der Waals surface area contributed by atoms with Crippen LogP contribution >= 0.6 is 0 Å². The third kappa shape index (κ3) is 1.68. The van der Waals surface area contributed by atoms with E-state index in [1.165, 1.54) is 32.1 Å². The molecule has 1 aliphatic heterocycles. The fraction of sp³-hybridized carbons (Fsp3) is 0.923. The topological polar surface area (TPSA) is 20.3 Å². The van der Waals surface area contributed by atoms with Gasteiger partial charge in [0.25, 0.3) is 0 Å². The van der Waals surface area contributed by atoms with E-state index < -0.39 is 0 Å². The number of likely N-dealkylation sites (tertiary alicyclic amines) is 1. The van der Waals surface area contributed by atoms with Crippen LogP contribution in [0.4, 0.5) is 0 Å². The van der Waals surface area contributed by atoms with Crippen molar-refractivity contribution in [3.8, 4) is 0 Å². The summed E-state index contributed by atoms with van der Waals surface area (Å²) in [5, 5.41) is 0. The van der Waals surface area contributed by atoms with Crippen LogP contribution in [-0.2, 0) is 4.79 Å². The molecule has 15 heavy (non-hydrogen) atoms. The maximum absolute atomic E-state index is 12.2. The average Bonchev–Trinajstić information content (AvgIpc) is 2.73. The highest BCUT2D eigenvalue weighted by molar-refractivity contribution is 5.79. The SMILES string of the molecule is CCC1CCN(C(=O)C2CC3CC3C2)C1. The minimum absolute atomic E-state index is 0.407. The molecule has 2 aliphatic carbocycles. The van der Waals surface area contributed by atoms with Gasteiger partial charge in [-0.05, 0) is 43.4 Å². The second-order valence-electron chi connectivity index (χ2n) is 5.77. The summed E-state index contributed by atoms with van der Waals surface area (Å²) < 4.78 is 0. The highest BCUT2D eigenvalue weighted by Crippen LogP contribution is 2.54. The fourth-order valence-electron chi connectivity index (χ4n) is 3.54. The quantitative estimate of drug-likeness (QED) is 0.680. The molecule has 3 fully saturated rings. The van der Waals surface area contributed by atoms with E-state index in [1.54, 1.807) is 0 Å². The molecule has 2 nitrogen and oxygen atoms in total. The van der Waals surface area contributed by atoms with E-state index >= 15 is 0 Å². The predicted octanol–water partition coefficient (Wildman–Crippen LogP) is 2.29. The summed E-state index contributed by atoms with van der Waals surface area (Å²) in [4.78, 5) is 14.3. The number of nitrogens with zero attached hydrogens (tertiary/aromatic N) is 1. The molecular weight excluding hydrogens is 186 g/mol. The van der Waals surface area contributed by atoms with Crippen LogP contribution in [0.15, 0.2) is 0 Å². The Morgan fingerprint density at radius 2 is 2.00 bits per heavy atom. The minimum atomic E-state index is 0.407. The molecule has 0 bridgehead atoms. The first-order chi connectivity index (χ1) is 7.28. The van der Waals surface area contributed by atoms with Gasteiger partial charge in [0.15, 0.2) is 0 Å². The van der Waals surface area contributed by atoms with Gasteiger partial charge in [0.05, 0.1) is 0 Å². The zero-order chi connectivity index (χ0) is 10.4. The predicted molar refractivity (Wildman–Crippen MR) is 59.3 cm³/mol. The average molecular weight is 207 g/mol. The van der Waals surface area contributed by atoms with Crippen LogP contribution in [0.5, 0.6) is 0 Å². The second kappa shape index (κ2) is 3.50.